The number of likely N-dealkylation sites (tertiary alicyclic amines) is 1. The van der Waals surface area contributed by atoms with Gasteiger partial charge in [0.15, 0.2) is 0 Å². The van der Waals surface area contributed by atoms with Crippen molar-refractivity contribution in [3.63, 3.8) is 0 Å². The Kier molecular flexibility index (Phi) is 4.36. The van der Waals surface area contributed by atoms with E-state index in [-0.39, 0.29) is 12.0 Å². The fourth-order valence-corrected chi connectivity index (χ4v) is 2.69. The number of carbonyl (C=O) groups is 1. The largest absolute Gasteiger partial charge is 0.480 e. The predicted octanol–water partition coefficient (Wildman–Crippen LogP) is 2.61. The SMILES string of the molecule is CCC(C)C(C(=O)O)N1CC(CC)(CC)C1. The molecule has 0 bridgehead atoms. The molecule has 1 heterocycles. The first-order valence-corrected chi connectivity index (χ1v) is 6.46. The minimum Gasteiger partial charge on any atom is -0.480 e. The van der Waals surface area contributed by atoms with E-state index in [9.17, 15) is 9.90 Å². The summed E-state index contributed by atoms with van der Waals surface area (Å²) in [6, 6.07) is -0.281. The van der Waals surface area contributed by atoms with Crippen LogP contribution in [0.2, 0.25) is 0 Å². The van der Waals surface area contributed by atoms with E-state index in [1.165, 1.54) is 0 Å². The van der Waals surface area contributed by atoms with Gasteiger partial charge in [-0.25, -0.2) is 0 Å². The maximum atomic E-state index is 11.3. The Labute approximate surface area is 98.8 Å². The lowest BCUT2D eigenvalue weighted by molar-refractivity contribution is -0.153. The molecule has 1 rings (SSSR count). The van der Waals surface area contributed by atoms with Gasteiger partial charge >= 0.3 is 5.97 Å². The summed E-state index contributed by atoms with van der Waals surface area (Å²) < 4.78 is 0. The van der Waals surface area contributed by atoms with Gasteiger partial charge in [0.2, 0.25) is 0 Å². The van der Waals surface area contributed by atoms with Crippen molar-refractivity contribution in [2.45, 2.75) is 53.0 Å². The van der Waals surface area contributed by atoms with Crippen LogP contribution in [0.4, 0.5) is 0 Å². The van der Waals surface area contributed by atoms with Crippen LogP contribution >= 0.6 is 0 Å². The summed E-state index contributed by atoms with van der Waals surface area (Å²) in [6.45, 7) is 10.4. The van der Waals surface area contributed by atoms with Crippen LogP contribution in [-0.2, 0) is 4.79 Å². The van der Waals surface area contributed by atoms with E-state index in [1.807, 2.05) is 6.92 Å². The minimum atomic E-state index is -0.657. The molecule has 0 aromatic carbocycles. The van der Waals surface area contributed by atoms with E-state index in [0.29, 0.717) is 5.41 Å². The Balaban J connectivity index is 2.62. The first-order valence-electron chi connectivity index (χ1n) is 6.46. The highest BCUT2D eigenvalue weighted by atomic mass is 16.4. The van der Waals surface area contributed by atoms with E-state index in [0.717, 1.165) is 32.4 Å². The van der Waals surface area contributed by atoms with Gasteiger partial charge in [0.25, 0.3) is 0 Å². The monoisotopic (exact) mass is 227 g/mol. The van der Waals surface area contributed by atoms with Gasteiger partial charge in [-0.3, -0.25) is 9.69 Å². The lowest BCUT2D eigenvalue weighted by atomic mass is 9.73. The van der Waals surface area contributed by atoms with Gasteiger partial charge in [0.1, 0.15) is 6.04 Å². The molecule has 2 unspecified atom stereocenters. The standard InChI is InChI=1S/C13H25NO2/c1-5-10(4)11(12(15)16)14-8-13(6-2,7-3)9-14/h10-11H,5-9H2,1-4H3,(H,15,16). The predicted molar refractivity (Wildman–Crippen MR) is 65.5 cm³/mol. The Hall–Kier alpha value is -0.570. The van der Waals surface area contributed by atoms with Gasteiger partial charge in [0, 0.05) is 13.1 Å². The molecule has 1 aliphatic rings. The summed E-state index contributed by atoms with van der Waals surface area (Å²) in [6.07, 6.45) is 3.25. The van der Waals surface area contributed by atoms with Gasteiger partial charge in [-0.2, -0.15) is 0 Å². The van der Waals surface area contributed by atoms with Gasteiger partial charge in [-0.1, -0.05) is 34.1 Å². The van der Waals surface area contributed by atoms with Crippen LogP contribution in [0.3, 0.4) is 0 Å². The van der Waals surface area contributed by atoms with E-state index in [4.69, 9.17) is 0 Å². The van der Waals surface area contributed by atoms with Crippen LogP contribution in [0.15, 0.2) is 0 Å². The van der Waals surface area contributed by atoms with Crippen LogP contribution in [-0.4, -0.2) is 35.1 Å². The lowest BCUT2D eigenvalue weighted by Gasteiger charge is -2.53. The molecule has 1 N–H and O–H groups in total. The Morgan fingerprint density at radius 3 is 2.12 bits per heavy atom. The molecule has 0 saturated carbocycles. The summed E-state index contributed by atoms with van der Waals surface area (Å²) in [5, 5.41) is 9.28. The zero-order valence-electron chi connectivity index (χ0n) is 11.0. The molecule has 94 valence electrons. The molecule has 0 amide bonds. The van der Waals surface area contributed by atoms with Crippen molar-refractivity contribution in [1.82, 2.24) is 4.90 Å². The molecule has 0 aliphatic carbocycles. The fourth-order valence-electron chi connectivity index (χ4n) is 2.69. The third kappa shape index (κ3) is 2.40. The van der Waals surface area contributed by atoms with Gasteiger partial charge in [-0.15, -0.1) is 0 Å². The van der Waals surface area contributed by atoms with Crippen LogP contribution < -0.4 is 0 Å². The number of carboxylic acids is 1. The van der Waals surface area contributed by atoms with Crippen molar-refractivity contribution < 1.29 is 9.90 Å². The summed E-state index contributed by atoms with van der Waals surface area (Å²) in [7, 11) is 0. The van der Waals surface area contributed by atoms with Crippen molar-refractivity contribution in [2.24, 2.45) is 11.3 Å². The minimum absolute atomic E-state index is 0.240. The highest BCUT2D eigenvalue weighted by Gasteiger charge is 2.45. The maximum absolute atomic E-state index is 11.3. The summed E-state index contributed by atoms with van der Waals surface area (Å²) in [5.74, 6) is -0.417. The summed E-state index contributed by atoms with van der Waals surface area (Å²) >= 11 is 0. The van der Waals surface area contributed by atoms with Crippen molar-refractivity contribution in [2.75, 3.05) is 13.1 Å². The Bertz CT molecular complexity index is 240. The molecule has 1 fully saturated rings. The van der Waals surface area contributed by atoms with E-state index in [2.05, 4.69) is 25.7 Å². The Morgan fingerprint density at radius 2 is 1.81 bits per heavy atom. The second kappa shape index (κ2) is 5.17. The third-order valence-corrected chi connectivity index (χ3v) is 4.41. The number of aliphatic carboxylic acids is 1. The number of hydrogen-bond acceptors (Lipinski definition) is 2. The quantitative estimate of drug-likeness (QED) is 0.758. The van der Waals surface area contributed by atoms with Crippen LogP contribution in [0.25, 0.3) is 0 Å². The average Bonchev–Trinajstić information content (AvgIpc) is 2.21. The summed E-state index contributed by atoms with van der Waals surface area (Å²) in [4.78, 5) is 13.4. The maximum Gasteiger partial charge on any atom is 0.321 e. The Morgan fingerprint density at radius 1 is 1.31 bits per heavy atom. The van der Waals surface area contributed by atoms with Crippen molar-refractivity contribution >= 4 is 5.97 Å². The highest BCUT2D eigenvalue weighted by molar-refractivity contribution is 5.74. The molecule has 3 nitrogen and oxygen atoms in total. The second-order valence-electron chi connectivity index (χ2n) is 5.28. The van der Waals surface area contributed by atoms with E-state index >= 15 is 0 Å². The molecule has 3 heteroatoms. The number of hydrogen-bond donors (Lipinski definition) is 1. The van der Waals surface area contributed by atoms with E-state index in [1.54, 1.807) is 0 Å². The number of carboxylic acid groups (broad SMARTS) is 1. The summed E-state index contributed by atoms with van der Waals surface area (Å²) in [5.41, 5.74) is 0.390. The zero-order chi connectivity index (χ0) is 12.3. The molecule has 16 heavy (non-hydrogen) atoms. The first-order chi connectivity index (χ1) is 7.49. The zero-order valence-corrected chi connectivity index (χ0v) is 11.0. The van der Waals surface area contributed by atoms with Gasteiger partial charge < -0.3 is 5.11 Å². The first kappa shape index (κ1) is 13.5. The topological polar surface area (TPSA) is 40.5 Å². The van der Waals surface area contributed by atoms with Crippen LogP contribution in [0, 0.1) is 11.3 Å². The fraction of sp³-hybridized carbons (Fsp3) is 0.923. The molecule has 0 aromatic rings. The highest BCUT2D eigenvalue weighted by Crippen LogP contribution is 2.39. The molecule has 0 spiro atoms. The number of nitrogens with zero attached hydrogens (tertiary/aromatic N) is 1. The van der Waals surface area contributed by atoms with Gasteiger partial charge in [-0.05, 0) is 24.2 Å². The number of rotatable bonds is 6. The molecule has 0 aromatic heterocycles. The second-order valence-corrected chi connectivity index (χ2v) is 5.28. The lowest BCUT2D eigenvalue weighted by Crippen LogP contribution is -2.62. The van der Waals surface area contributed by atoms with Crippen molar-refractivity contribution in [3.8, 4) is 0 Å². The third-order valence-electron chi connectivity index (χ3n) is 4.41. The van der Waals surface area contributed by atoms with Crippen LogP contribution in [0.5, 0.6) is 0 Å². The molecule has 1 aliphatic heterocycles. The van der Waals surface area contributed by atoms with Crippen molar-refractivity contribution in [1.29, 1.82) is 0 Å². The molecule has 0 radical (unpaired) electrons. The molecule has 1 saturated heterocycles. The molecule has 2 atom stereocenters. The molecular formula is C13H25NO2. The average molecular weight is 227 g/mol. The van der Waals surface area contributed by atoms with E-state index < -0.39 is 5.97 Å². The van der Waals surface area contributed by atoms with Crippen molar-refractivity contribution in [3.05, 3.63) is 0 Å². The van der Waals surface area contributed by atoms with Crippen LogP contribution in [0.1, 0.15) is 47.0 Å². The van der Waals surface area contributed by atoms with Gasteiger partial charge in [0.05, 0.1) is 0 Å². The molecular weight excluding hydrogens is 202 g/mol. The smallest absolute Gasteiger partial charge is 0.321 e. The normalized spacial score (nSPS) is 23.5.